The van der Waals surface area contributed by atoms with E-state index >= 15 is 0 Å². The lowest BCUT2D eigenvalue weighted by molar-refractivity contribution is 0.403. The first-order chi connectivity index (χ1) is 8.88. The van der Waals surface area contributed by atoms with Gasteiger partial charge in [-0.25, -0.2) is 4.98 Å². The number of hydrogen-bond acceptors (Lipinski definition) is 3. The summed E-state index contributed by atoms with van der Waals surface area (Å²) in [5, 5.41) is 5.90. The number of fused-ring (bicyclic) bond motifs is 1. The Bertz CT molecular complexity index is 542. The molecule has 0 spiro atoms. The Morgan fingerprint density at radius 1 is 1.22 bits per heavy atom. The fraction of sp³-hybridized carbons (Fsp3) is 0.400. The molecule has 18 heavy (non-hydrogen) atoms. The SMILES string of the molecule is COc1nccc2cccc(NC3CCCC3)c12. The molecule has 0 amide bonds. The number of methoxy groups -OCH3 is 1. The zero-order chi connectivity index (χ0) is 12.4. The number of hydrogen-bond donors (Lipinski definition) is 1. The normalized spacial score (nSPS) is 16.1. The second-order valence-corrected chi connectivity index (χ2v) is 4.85. The summed E-state index contributed by atoms with van der Waals surface area (Å²) in [6, 6.07) is 8.92. The highest BCUT2D eigenvalue weighted by Gasteiger charge is 2.16. The Morgan fingerprint density at radius 2 is 2.06 bits per heavy atom. The molecular formula is C15H18N2O. The van der Waals surface area contributed by atoms with E-state index in [0.717, 1.165) is 11.1 Å². The van der Waals surface area contributed by atoms with Gasteiger partial charge in [0.05, 0.1) is 12.5 Å². The topological polar surface area (TPSA) is 34.1 Å². The van der Waals surface area contributed by atoms with Crippen LogP contribution >= 0.6 is 0 Å². The van der Waals surface area contributed by atoms with Crippen molar-refractivity contribution >= 4 is 16.5 Å². The highest BCUT2D eigenvalue weighted by molar-refractivity contribution is 5.97. The first-order valence-corrected chi connectivity index (χ1v) is 6.57. The lowest BCUT2D eigenvalue weighted by Crippen LogP contribution is -2.14. The molecule has 1 aliphatic carbocycles. The summed E-state index contributed by atoms with van der Waals surface area (Å²) in [4.78, 5) is 4.30. The molecule has 0 saturated heterocycles. The van der Waals surface area contributed by atoms with Crippen molar-refractivity contribution in [3.05, 3.63) is 30.5 Å². The lowest BCUT2D eigenvalue weighted by atomic mass is 10.1. The smallest absolute Gasteiger partial charge is 0.223 e. The Hall–Kier alpha value is -1.77. The standard InChI is InChI=1S/C15H18N2O/c1-18-15-14-11(9-10-16-15)5-4-8-13(14)17-12-6-2-3-7-12/h4-5,8-10,12,17H,2-3,6-7H2,1H3. The highest BCUT2D eigenvalue weighted by Crippen LogP contribution is 2.32. The van der Waals surface area contributed by atoms with Crippen molar-refractivity contribution in [1.29, 1.82) is 0 Å². The monoisotopic (exact) mass is 242 g/mol. The van der Waals surface area contributed by atoms with Gasteiger partial charge in [-0.05, 0) is 30.4 Å². The van der Waals surface area contributed by atoms with Crippen LogP contribution in [0.2, 0.25) is 0 Å². The first-order valence-electron chi connectivity index (χ1n) is 6.57. The molecule has 1 fully saturated rings. The molecule has 94 valence electrons. The van der Waals surface area contributed by atoms with Crippen molar-refractivity contribution in [3.8, 4) is 5.88 Å². The summed E-state index contributed by atoms with van der Waals surface area (Å²) in [6.07, 6.45) is 6.98. The molecule has 3 heteroatoms. The van der Waals surface area contributed by atoms with Crippen LogP contribution in [-0.4, -0.2) is 18.1 Å². The number of ether oxygens (including phenoxy) is 1. The molecule has 1 N–H and O–H groups in total. The summed E-state index contributed by atoms with van der Waals surface area (Å²) in [6.45, 7) is 0. The molecule has 1 heterocycles. The van der Waals surface area contributed by atoms with Gasteiger partial charge in [0.1, 0.15) is 0 Å². The van der Waals surface area contributed by atoms with Gasteiger partial charge >= 0.3 is 0 Å². The third-order valence-corrected chi connectivity index (χ3v) is 3.66. The van der Waals surface area contributed by atoms with E-state index in [0.29, 0.717) is 11.9 Å². The van der Waals surface area contributed by atoms with Crippen LogP contribution in [0.25, 0.3) is 10.8 Å². The number of rotatable bonds is 3. The molecule has 3 rings (SSSR count). The number of pyridine rings is 1. The van der Waals surface area contributed by atoms with Gasteiger partial charge in [-0.15, -0.1) is 0 Å². The second-order valence-electron chi connectivity index (χ2n) is 4.85. The fourth-order valence-electron chi connectivity index (χ4n) is 2.76. The number of nitrogens with one attached hydrogen (secondary N) is 1. The Labute approximate surface area is 107 Å². The molecule has 0 bridgehead atoms. The highest BCUT2D eigenvalue weighted by atomic mass is 16.5. The lowest BCUT2D eigenvalue weighted by Gasteiger charge is -2.16. The molecule has 1 aliphatic rings. The van der Waals surface area contributed by atoms with Crippen molar-refractivity contribution in [2.24, 2.45) is 0 Å². The summed E-state index contributed by atoms with van der Waals surface area (Å²) >= 11 is 0. The molecule has 0 unspecified atom stereocenters. The molecule has 0 atom stereocenters. The molecule has 1 aromatic carbocycles. The van der Waals surface area contributed by atoms with Crippen molar-refractivity contribution in [1.82, 2.24) is 4.98 Å². The molecule has 0 radical (unpaired) electrons. The van der Waals surface area contributed by atoms with Crippen LogP contribution in [0, 0.1) is 0 Å². The van der Waals surface area contributed by atoms with Gasteiger partial charge in [-0.3, -0.25) is 0 Å². The van der Waals surface area contributed by atoms with Crippen molar-refractivity contribution in [3.63, 3.8) is 0 Å². The Morgan fingerprint density at radius 3 is 2.83 bits per heavy atom. The van der Waals surface area contributed by atoms with Gasteiger partial charge in [0.25, 0.3) is 0 Å². The van der Waals surface area contributed by atoms with Crippen LogP contribution in [0.3, 0.4) is 0 Å². The van der Waals surface area contributed by atoms with Crippen LogP contribution in [0.15, 0.2) is 30.5 Å². The number of aromatic nitrogens is 1. The van der Waals surface area contributed by atoms with E-state index in [4.69, 9.17) is 4.74 Å². The summed E-state index contributed by atoms with van der Waals surface area (Å²) < 4.78 is 5.38. The van der Waals surface area contributed by atoms with E-state index in [1.165, 1.54) is 31.1 Å². The van der Waals surface area contributed by atoms with E-state index in [9.17, 15) is 0 Å². The molecule has 2 aromatic rings. The Balaban J connectivity index is 2.04. The van der Waals surface area contributed by atoms with Gasteiger partial charge in [-0.2, -0.15) is 0 Å². The quantitative estimate of drug-likeness (QED) is 0.893. The van der Waals surface area contributed by atoms with Crippen molar-refractivity contribution < 1.29 is 4.74 Å². The zero-order valence-corrected chi connectivity index (χ0v) is 10.6. The predicted molar refractivity (Wildman–Crippen MR) is 74.2 cm³/mol. The average molecular weight is 242 g/mol. The molecule has 1 aromatic heterocycles. The maximum Gasteiger partial charge on any atom is 0.223 e. The third kappa shape index (κ3) is 2.01. The van der Waals surface area contributed by atoms with Gasteiger partial charge in [0, 0.05) is 17.9 Å². The van der Waals surface area contributed by atoms with Crippen LogP contribution in [-0.2, 0) is 0 Å². The van der Waals surface area contributed by atoms with E-state index in [-0.39, 0.29) is 0 Å². The number of nitrogens with zero attached hydrogens (tertiary/aromatic N) is 1. The second kappa shape index (κ2) is 4.84. The maximum atomic E-state index is 5.38. The van der Waals surface area contributed by atoms with Gasteiger partial charge in [0.2, 0.25) is 5.88 Å². The minimum Gasteiger partial charge on any atom is -0.480 e. The van der Waals surface area contributed by atoms with Crippen molar-refractivity contribution in [2.45, 2.75) is 31.7 Å². The van der Waals surface area contributed by atoms with E-state index in [1.54, 1.807) is 13.3 Å². The Kier molecular flexibility index (Phi) is 3.05. The molecule has 0 aliphatic heterocycles. The minimum atomic E-state index is 0.598. The average Bonchev–Trinajstić information content (AvgIpc) is 2.91. The zero-order valence-electron chi connectivity index (χ0n) is 10.6. The molecular weight excluding hydrogens is 224 g/mol. The van der Waals surface area contributed by atoms with E-state index in [1.807, 2.05) is 6.07 Å². The number of anilines is 1. The van der Waals surface area contributed by atoms with Crippen LogP contribution in [0.5, 0.6) is 5.88 Å². The number of benzene rings is 1. The van der Waals surface area contributed by atoms with Crippen LogP contribution in [0.1, 0.15) is 25.7 Å². The van der Waals surface area contributed by atoms with E-state index < -0.39 is 0 Å². The van der Waals surface area contributed by atoms with E-state index in [2.05, 4.69) is 28.5 Å². The largest absolute Gasteiger partial charge is 0.480 e. The van der Waals surface area contributed by atoms with Crippen LogP contribution in [0.4, 0.5) is 5.69 Å². The molecule has 3 nitrogen and oxygen atoms in total. The fourth-order valence-corrected chi connectivity index (χ4v) is 2.76. The van der Waals surface area contributed by atoms with Crippen LogP contribution < -0.4 is 10.1 Å². The maximum absolute atomic E-state index is 5.38. The first kappa shape index (κ1) is 11.3. The predicted octanol–water partition coefficient (Wildman–Crippen LogP) is 3.60. The molecule has 1 saturated carbocycles. The summed E-state index contributed by atoms with van der Waals surface area (Å²) in [5.41, 5.74) is 1.14. The third-order valence-electron chi connectivity index (χ3n) is 3.66. The summed E-state index contributed by atoms with van der Waals surface area (Å²) in [7, 11) is 1.67. The van der Waals surface area contributed by atoms with Gasteiger partial charge in [0.15, 0.2) is 0 Å². The summed E-state index contributed by atoms with van der Waals surface area (Å²) in [5.74, 6) is 0.702. The van der Waals surface area contributed by atoms with Gasteiger partial charge < -0.3 is 10.1 Å². The van der Waals surface area contributed by atoms with Gasteiger partial charge in [-0.1, -0.05) is 25.0 Å². The van der Waals surface area contributed by atoms with Crippen molar-refractivity contribution in [2.75, 3.05) is 12.4 Å². The minimum absolute atomic E-state index is 0.598.